The van der Waals surface area contributed by atoms with Crippen LogP contribution in [0.1, 0.15) is 51.4 Å². The Balaban J connectivity index is 1.82. The quantitative estimate of drug-likeness (QED) is 0.725. The van der Waals surface area contributed by atoms with Gasteiger partial charge in [-0.05, 0) is 38.6 Å². The van der Waals surface area contributed by atoms with Gasteiger partial charge in [-0.1, -0.05) is 25.7 Å². The predicted octanol–water partition coefficient (Wildman–Crippen LogP) is 2.38. The van der Waals surface area contributed by atoms with Gasteiger partial charge in [-0.2, -0.15) is 0 Å². The van der Waals surface area contributed by atoms with Crippen LogP contribution in [0, 0.1) is 5.92 Å². The maximum atomic E-state index is 6.27. The lowest BCUT2D eigenvalue weighted by Crippen LogP contribution is -2.47. The van der Waals surface area contributed by atoms with Crippen molar-refractivity contribution in [1.82, 2.24) is 4.90 Å². The molecule has 2 aliphatic carbocycles. The van der Waals surface area contributed by atoms with Crippen molar-refractivity contribution < 1.29 is 0 Å². The summed E-state index contributed by atoms with van der Waals surface area (Å²) in [7, 11) is 2.29. The first-order valence-corrected chi connectivity index (χ1v) is 6.73. The van der Waals surface area contributed by atoms with Crippen molar-refractivity contribution >= 4 is 0 Å². The first-order chi connectivity index (χ1) is 7.27. The lowest BCUT2D eigenvalue weighted by molar-refractivity contribution is 0.140. The smallest absolute Gasteiger partial charge is 0.0244 e. The molecule has 0 aromatic rings. The Morgan fingerprint density at radius 2 is 1.73 bits per heavy atom. The SMILES string of the molecule is CN(CC1CCC1)C1CCCCCC1N. The van der Waals surface area contributed by atoms with Gasteiger partial charge in [-0.3, -0.25) is 0 Å². The van der Waals surface area contributed by atoms with Gasteiger partial charge in [0.05, 0.1) is 0 Å². The number of nitrogens with zero attached hydrogens (tertiary/aromatic N) is 1. The van der Waals surface area contributed by atoms with Crippen LogP contribution in [0.2, 0.25) is 0 Å². The second kappa shape index (κ2) is 5.31. The molecule has 2 atom stereocenters. The van der Waals surface area contributed by atoms with Gasteiger partial charge in [0, 0.05) is 18.6 Å². The van der Waals surface area contributed by atoms with Crippen molar-refractivity contribution in [2.45, 2.75) is 63.5 Å². The Hall–Kier alpha value is -0.0800. The van der Waals surface area contributed by atoms with E-state index in [1.54, 1.807) is 0 Å². The molecule has 0 spiro atoms. The van der Waals surface area contributed by atoms with E-state index in [0.29, 0.717) is 12.1 Å². The highest BCUT2D eigenvalue weighted by atomic mass is 15.1. The molecule has 2 saturated carbocycles. The summed E-state index contributed by atoms with van der Waals surface area (Å²) in [5.41, 5.74) is 6.27. The zero-order valence-corrected chi connectivity index (χ0v) is 10.1. The second-order valence-corrected chi connectivity index (χ2v) is 5.61. The largest absolute Gasteiger partial charge is 0.326 e. The average Bonchev–Trinajstić information content (AvgIpc) is 2.36. The fourth-order valence-electron chi connectivity index (χ4n) is 3.08. The number of likely N-dealkylation sites (N-methyl/N-ethyl adjacent to an activating group) is 1. The van der Waals surface area contributed by atoms with Crippen LogP contribution < -0.4 is 5.73 Å². The van der Waals surface area contributed by atoms with E-state index < -0.39 is 0 Å². The normalized spacial score (nSPS) is 33.8. The third-order valence-corrected chi connectivity index (χ3v) is 4.37. The number of hydrogen-bond acceptors (Lipinski definition) is 2. The van der Waals surface area contributed by atoms with Crippen molar-refractivity contribution in [3.63, 3.8) is 0 Å². The molecule has 0 radical (unpaired) electrons. The molecule has 0 heterocycles. The molecule has 2 aliphatic rings. The monoisotopic (exact) mass is 210 g/mol. The van der Waals surface area contributed by atoms with Crippen LogP contribution in [-0.2, 0) is 0 Å². The van der Waals surface area contributed by atoms with E-state index in [1.807, 2.05) is 0 Å². The van der Waals surface area contributed by atoms with Gasteiger partial charge in [-0.25, -0.2) is 0 Å². The summed E-state index contributed by atoms with van der Waals surface area (Å²) >= 11 is 0. The molecule has 88 valence electrons. The summed E-state index contributed by atoms with van der Waals surface area (Å²) in [5, 5.41) is 0. The number of nitrogens with two attached hydrogens (primary N) is 1. The van der Waals surface area contributed by atoms with Crippen molar-refractivity contribution in [1.29, 1.82) is 0 Å². The highest BCUT2D eigenvalue weighted by Gasteiger charge is 2.27. The third-order valence-electron chi connectivity index (χ3n) is 4.37. The zero-order chi connectivity index (χ0) is 10.7. The van der Waals surface area contributed by atoms with Gasteiger partial charge in [0.15, 0.2) is 0 Å². The van der Waals surface area contributed by atoms with Gasteiger partial charge < -0.3 is 10.6 Å². The van der Waals surface area contributed by atoms with Crippen molar-refractivity contribution in [2.75, 3.05) is 13.6 Å². The molecular weight excluding hydrogens is 184 g/mol. The van der Waals surface area contributed by atoms with Gasteiger partial charge in [0.1, 0.15) is 0 Å². The van der Waals surface area contributed by atoms with E-state index in [1.165, 1.54) is 57.9 Å². The molecule has 0 aromatic heterocycles. The first kappa shape index (κ1) is 11.4. The molecule has 0 bridgehead atoms. The zero-order valence-electron chi connectivity index (χ0n) is 10.1. The van der Waals surface area contributed by atoms with Gasteiger partial charge in [0.2, 0.25) is 0 Å². The minimum atomic E-state index is 0.428. The van der Waals surface area contributed by atoms with E-state index in [2.05, 4.69) is 11.9 Å². The molecule has 0 aromatic carbocycles. The minimum Gasteiger partial charge on any atom is -0.326 e. The maximum Gasteiger partial charge on any atom is 0.0244 e. The lowest BCUT2D eigenvalue weighted by atomic mass is 9.84. The number of hydrogen-bond donors (Lipinski definition) is 1. The van der Waals surface area contributed by atoms with Crippen LogP contribution in [0.25, 0.3) is 0 Å². The summed E-state index contributed by atoms with van der Waals surface area (Å²) in [5.74, 6) is 0.977. The molecule has 0 aliphatic heterocycles. The molecular formula is C13H26N2. The maximum absolute atomic E-state index is 6.27. The van der Waals surface area contributed by atoms with Crippen LogP contribution in [0.5, 0.6) is 0 Å². The van der Waals surface area contributed by atoms with Gasteiger partial charge in [0.25, 0.3) is 0 Å². The van der Waals surface area contributed by atoms with E-state index in [9.17, 15) is 0 Å². The van der Waals surface area contributed by atoms with Crippen LogP contribution in [-0.4, -0.2) is 30.6 Å². The fraction of sp³-hybridized carbons (Fsp3) is 1.00. The van der Waals surface area contributed by atoms with E-state index >= 15 is 0 Å². The topological polar surface area (TPSA) is 29.3 Å². The molecule has 0 saturated heterocycles. The van der Waals surface area contributed by atoms with Gasteiger partial charge in [-0.15, -0.1) is 0 Å². The first-order valence-electron chi connectivity index (χ1n) is 6.73. The second-order valence-electron chi connectivity index (χ2n) is 5.61. The highest BCUT2D eigenvalue weighted by Crippen LogP contribution is 2.29. The average molecular weight is 210 g/mol. The van der Waals surface area contributed by atoms with Crippen LogP contribution in [0.3, 0.4) is 0 Å². The minimum absolute atomic E-state index is 0.428. The Morgan fingerprint density at radius 1 is 1.00 bits per heavy atom. The van der Waals surface area contributed by atoms with Crippen LogP contribution >= 0.6 is 0 Å². The van der Waals surface area contributed by atoms with E-state index in [0.717, 1.165) is 5.92 Å². The molecule has 2 unspecified atom stereocenters. The van der Waals surface area contributed by atoms with Gasteiger partial charge >= 0.3 is 0 Å². The van der Waals surface area contributed by atoms with Crippen LogP contribution in [0.15, 0.2) is 0 Å². The van der Waals surface area contributed by atoms with E-state index in [4.69, 9.17) is 5.73 Å². The summed E-state index contributed by atoms with van der Waals surface area (Å²) in [6, 6.07) is 1.09. The Bertz CT molecular complexity index is 189. The Kier molecular flexibility index (Phi) is 4.04. The number of rotatable bonds is 3. The molecule has 15 heavy (non-hydrogen) atoms. The standard InChI is InChI=1S/C13H26N2/c1-15(10-11-6-5-7-11)13-9-4-2-3-8-12(13)14/h11-13H,2-10,14H2,1H3. The lowest BCUT2D eigenvalue weighted by Gasteiger charge is -2.36. The summed E-state index contributed by atoms with van der Waals surface area (Å²) in [6.45, 7) is 1.29. The van der Waals surface area contributed by atoms with Crippen molar-refractivity contribution in [2.24, 2.45) is 11.7 Å². The molecule has 2 rings (SSSR count). The summed E-state index contributed by atoms with van der Waals surface area (Å²) in [4.78, 5) is 2.56. The van der Waals surface area contributed by atoms with E-state index in [-0.39, 0.29) is 0 Å². The molecule has 2 fully saturated rings. The molecule has 2 N–H and O–H groups in total. The highest BCUT2D eigenvalue weighted by molar-refractivity contribution is 4.85. The van der Waals surface area contributed by atoms with Crippen molar-refractivity contribution in [3.8, 4) is 0 Å². The summed E-state index contributed by atoms with van der Waals surface area (Å²) < 4.78 is 0. The third kappa shape index (κ3) is 2.94. The Morgan fingerprint density at radius 3 is 2.40 bits per heavy atom. The molecule has 0 amide bonds. The summed E-state index contributed by atoms with van der Waals surface area (Å²) in [6.07, 6.45) is 11.0. The Labute approximate surface area is 94.2 Å². The molecule has 2 nitrogen and oxygen atoms in total. The van der Waals surface area contributed by atoms with Crippen LogP contribution in [0.4, 0.5) is 0 Å². The molecule has 2 heteroatoms. The van der Waals surface area contributed by atoms with Crippen molar-refractivity contribution in [3.05, 3.63) is 0 Å². The fourth-order valence-corrected chi connectivity index (χ4v) is 3.08. The predicted molar refractivity (Wildman–Crippen MR) is 64.8 cm³/mol.